The SMILES string of the molecule is C1#Cc2ccccc2-c2ccccc2CC1.O=C(O)c1ncc[nH]1.OCCOCCOCCOCCOCCOCCO. The number of hydrogen-bond donors (Lipinski definition) is 4. The molecule has 0 spiro atoms. The highest BCUT2D eigenvalue weighted by Crippen LogP contribution is 2.28. The number of carboxylic acids is 1. The van der Waals surface area contributed by atoms with Crippen molar-refractivity contribution in [3.63, 3.8) is 0 Å². The number of nitrogens with zero attached hydrogens (tertiary/aromatic N) is 1. The van der Waals surface area contributed by atoms with Crippen LogP contribution in [0.15, 0.2) is 60.9 Å². The second kappa shape index (κ2) is 23.9. The van der Waals surface area contributed by atoms with Gasteiger partial charge in [-0.15, -0.1) is 0 Å². The minimum atomic E-state index is -1.03. The molecule has 234 valence electrons. The number of aromatic nitrogens is 2. The van der Waals surface area contributed by atoms with E-state index in [4.69, 9.17) is 39.0 Å². The quantitative estimate of drug-likeness (QED) is 0.135. The van der Waals surface area contributed by atoms with Gasteiger partial charge in [0.1, 0.15) is 0 Å². The Morgan fingerprint density at radius 1 is 0.744 bits per heavy atom. The Morgan fingerprint density at radius 3 is 1.74 bits per heavy atom. The summed E-state index contributed by atoms with van der Waals surface area (Å²) in [5.41, 5.74) is 5.16. The fraction of sp³-hybridized carbons (Fsp3) is 0.438. The zero-order chi connectivity index (χ0) is 30.8. The van der Waals surface area contributed by atoms with Gasteiger partial charge in [-0.25, -0.2) is 9.78 Å². The number of hydrogen-bond acceptors (Lipinski definition) is 9. The number of aryl methyl sites for hydroxylation is 1. The zero-order valence-electron chi connectivity index (χ0n) is 24.4. The van der Waals surface area contributed by atoms with Crippen LogP contribution in [0, 0.1) is 11.8 Å². The first-order valence-electron chi connectivity index (χ1n) is 14.2. The molecule has 0 saturated carbocycles. The normalized spacial score (nSPS) is 11.2. The summed E-state index contributed by atoms with van der Waals surface area (Å²) in [6, 6.07) is 17.0. The van der Waals surface area contributed by atoms with Crippen LogP contribution in [0.1, 0.15) is 28.2 Å². The van der Waals surface area contributed by atoms with Gasteiger partial charge in [0.15, 0.2) is 0 Å². The highest BCUT2D eigenvalue weighted by molar-refractivity contribution is 5.82. The van der Waals surface area contributed by atoms with Crippen molar-refractivity contribution >= 4 is 5.97 Å². The van der Waals surface area contributed by atoms with E-state index >= 15 is 0 Å². The van der Waals surface area contributed by atoms with Crippen LogP contribution in [0.4, 0.5) is 0 Å². The second-order valence-electron chi connectivity index (χ2n) is 8.76. The van der Waals surface area contributed by atoms with E-state index in [-0.39, 0.29) is 19.0 Å². The maximum absolute atomic E-state index is 9.97. The molecule has 1 aromatic heterocycles. The van der Waals surface area contributed by atoms with Gasteiger partial charge in [0.2, 0.25) is 5.82 Å². The Labute approximate surface area is 252 Å². The number of nitrogens with one attached hydrogen (secondary N) is 1. The van der Waals surface area contributed by atoms with E-state index in [0.29, 0.717) is 66.1 Å². The van der Waals surface area contributed by atoms with E-state index in [0.717, 1.165) is 18.4 Å². The van der Waals surface area contributed by atoms with Crippen molar-refractivity contribution in [2.24, 2.45) is 0 Å². The minimum Gasteiger partial charge on any atom is -0.475 e. The third-order valence-corrected chi connectivity index (χ3v) is 5.64. The molecule has 4 rings (SSSR count). The van der Waals surface area contributed by atoms with Gasteiger partial charge >= 0.3 is 5.97 Å². The van der Waals surface area contributed by atoms with Gasteiger partial charge in [-0.3, -0.25) is 0 Å². The molecule has 0 unspecified atom stereocenters. The summed E-state index contributed by atoms with van der Waals surface area (Å²) in [5, 5.41) is 25.1. The molecule has 1 aliphatic carbocycles. The summed E-state index contributed by atoms with van der Waals surface area (Å²) in [6.07, 6.45) is 4.86. The number of imidazole rings is 1. The van der Waals surface area contributed by atoms with Crippen molar-refractivity contribution in [1.82, 2.24) is 9.97 Å². The second-order valence-corrected chi connectivity index (χ2v) is 8.76. The number of aromatic carboxylic acids is 1. The summed E-state index contributed by atoms with van der Waals surface area (Å²) in [7, 11) is 0. The standard InChI is InChI=1S/C16H12.C12H26O7.C4H4N2O2/c1-2-8-14-10-4-6-12-16(14)15-11-5-3-9-13(15)7-1;13-1-3-15-5-7-17-9-11-19-12-10-18-8-6-16-4-2-14;7-4(8)3-5-1-2-6-3/h3-6,9-12H,1,7H2;13-14H,1-12H2;1-2H,(H,5,6)(H,7,8). The first-order chi connectivity index (χ1) is 21.2. The van der Waals surface area contributed by atoms with Gasteiger partial charge in [0.25, 0.3) is 0 Å². The number of benzene rings is 2. The van der Waals surface area contributed by atoms with Crippen molar-refractivity contribution in [3.8, 4) is 23.0 Å². The number of rotatable bonds is 17. The maximum atomic E-state index is 9.97. The van der Waals surface area contributed by atoms with Crippen molar-refractivity contribution in [2.75, 3.05) is 79.3 Å². The minimum absolute atomic E-state index is 0.0231. The van der Waals surface area contributed by atoms with Crippen LogP contribution in [-0.4, -0.2) is 111 Å². The first-order valence-corrected chi connectivity index (χ1v) is 14.2. The molecule has 0 fully saturated rings. The fourth-order valence-corrected chi connectivity index (χ4v) is 3.68. The van der Waals surface area contributed by atoms with Crippen LogP contribution < -0.4 is 0 Å². The number of H-pyrrole nitrogens is 1. The van der Waals surface area contributed by atoms with Crippen LogP contribution in [0.5, 0.6) is 0 Å². The summed E-state index contributed by atoms with van der Waals surface area (Å²) >= 11 is 0. The monoisotopic (exact) mass is 598 g/mol. The van der Waals surface area contributed by atoms with Crippen molar-refractivity contribution in [2.45, 2.75) is 12.8 Å². The first kappa shape index (κ1) is 35.6. The van der Waals surface area contributed by atoms with Crippen LogP contribution in [0.2, 0.25) is 0 Å². The molecule has 11 heteroatoms. The number of ether oxygens (including phenoxy) is 5. The molecule has 0 radical (unpaired) electrons. The lowest BCUT2D eigenvalue weighted by Gasteiger charge is -2.12. The summed E-state index contributed by atoms with van der Waals surface area (Å²) < 4.78 is 25.8. The predicted octanol–water partition coefficient (Wildman–Crippen LogP) is 2.81. The van der Waals surface area contributed by atoms with Crippen LogP contribution in [0.25, 0.3) is 11.1 Å². The molecule has 0 saturated heterocycles. The van der Waals surface area contributed by atoms with Crippen molar-refractivity contribution in [1.29, 1.82) is 0 Å². The van der Waals surface area contributed by atoms with Gasteiger partial charge in [0, 0.05) is 24.4 Å². The van der Waals surface area contributed by atoms with Gasteiger partial charge in [-0.1, -0.05) is 54.3 Å². The Balaban J connectivity index is 0.000000241. The molecule has 2 aromatic carbocycles. The third kappa shape index (κ3) is 16.0. The topological polar surface area (TPSA) is 153 Å². The Bertz CT molecular complexity index is 1180. The largest absolute Gasteiger partial charge is 0.475 e. The van der Waals surface area contributed by atoms with Gasteiger partial charge < -0.3 is 44.0 Å². The van der Waals surface area contributed by atoms with Crippen LogP contribution in [-0.2, 0) is 30.1 Å². The molecule has 0 bridgehead atoms. The smallest absolute Gasteiger partial charge is 0.371 e. The Morgan fingerprint density at radius 2 is 1.26 bits per heavy atom. The summed E-state index contributed by atoms with van der Waals surface area (Å²) in [5.74, 6) is 5.43. The number of aliphatic hydroxyl groups is 2. The molecule has 0 atom stereocenters. The van der Waals surface area contributed by atoms with Crippen LogP contribution >= 0.6 is 0 Å². The van der Waals surface area contributed by atoms with E-state index in [1.807, 2.05) is 0 Å². The Kier molecular flexibility index (Phi) is 19.8. The van der Waals surface area contributed by atoms with E-state index in [2.05, 4.69) is 70.3 Å². The lowest BCUT2D eigenvalue weighted by Crippen LogP contribution is -2.14. The molecule has 1 aliphatic rings. The molecule has 11 nitrogen and oxygen atoms in total. The number of fused-ring (bicyclic) bond motifs is 3. The highest BCUT2D eigenvalue weighted by atomic mass is 16.6. The van der Waals surface area contributed by atoms with Gasteiger partial charge in [0.05, 0.1) is 79.3 Å². The molecule has 0 aliphatic heterocycles. The number of carboxylic acid groups (broad SMARTS) is 1. The molecule has 4 N–H and O–H groups in total. The molecular weight excluding hydrogens is 556 g/mol. The molecule has 3 aromatic rings. The average Bonchev–Trinajstić information content (AvgIpc) is 3.57. The molecule has 1 heterocycles. The van der Waals surface area contributed by atoms with E-state index in [1.54, 1.807) is 0 Å². The lowest BCUT2D eigenvalue weighted by atomic mass is 9.92. The lowest BCUT2D eigenvalue weighted by molar-refractivity contribution is -0.0151. The molecule has 43 heavy (non-hydrogen) atoms. The predicted molar refractivity (Wildman–Crippen MR) is 161 cm³/mol. The number of carbonyl (C=O) groups is 1. The average molecular weight is 599 g/mol. The number of aromatic amines is 1. The maximum Gasteiger partial charge on any atom is 0.371 e. The van der Waals surface area contributed by atoms with Crippen molar-refractivity contribution < 1.29 is 43.8 Å². The number of aliphatic hydroxyl groups excluding tert-OH is 2. The summed E-state index contributed by atoms with van der Waals surface area (Å²) in [4.78, 5) is 15.9. The van der Waals surface area contributed by atoms with E-state index in [9.17, 15) is 4.79 Å². The van der Waals surface area contributed by atoms with E-state index in [1.165, 1.54) is 29.1 Å². The molecule has 0 amide bonds. The molecular formula is C32H42N2O9. The van der Waals surface area contributed by atoms with Crippen LogP contribution in [0.3, 0.4) is 0 Å². The van der Waals surface area contributed by atoms with E-state index < -0.39 is 5.97 Å². The van der Waals surface area contributed by atoms with Crippen molar-refractivity contribution in [3.05, 3.63) is 77.9 Å². The van der Waals surface area contributed by atoms with Gasteiger partial charge in [-0.05, 0) is 29.2 Å². The third-order valence-electron chi connectivity index (χ3n) is 5.64. The zero-order valence-corrected chi connectivity index (χ0v) is 24.4. The fourth-order valence-electron chi connectivity index (χ4n) is 3.68. The Hall–Kier alpha value is -3.60. The van der Waals surface area contributed by atoms with Gasteiger partial charge in [-0.2, -0.15) is 0 Å². The highest BCUT2D eigenvalue weighted by Gasteiger charge is 2.08. The summed E-state index contributed by atoms with van der Waals surface area (Å²) in [6.45, 7) is 4.80.